The van der Waals surface area contributed by atoms with Crippen LogP contribution in [0.2, 0.25) is 0 Å². The molecule has 0 atom stereocenters. The van der Waals surface area contributed by atoms with E-state index in [2.05, 4.69) is 29.2 Å². The molecule has 2 aromatic carbocycles. The molecule has 4 nitrogen and oxygen atoms in total. The highest BCUT2D eigenvalue weighted by Crippen LogP contribution is 2.27. The number of hydrogen-bond donors (Lipinski definition) is 0. The number of anilines is 2. The highest BCUT2D eigenvalue weighted by molar-refractivity contribution is 5.96. The zero-order chi connectivity index (χ0) is 19.3. The third-order valence-electron chi connectivity index (χ3n) is 4.14. The Balaban J connectivity index is 2.30. The van der Waals surface area contributed by atoms with Gasteiger partial charge in [-0.1, -0.05) is 32.9 Å². The molecule has 26 heavy (non-hydrogen) atoms. The first-order valence-electron chi connectivity index (χ1n) is 9.03. The second-order valence-corrected chi connectivity index (χ2v) is 7.63. The van der Waals surface area contributed by atoms with Crippen LogP contribution in [0.25, 0.3) is 0 Å². The van der Waals surface area contributed by atoms with E-state index in [1.54, 1.807) is 0 Å². The number of amides is 1. The minimum absolute atomic E-state index is 0.0957. The Labute approximate surface area is 157 Å². The van der Waals surface area contributed by atoms with Gasteiger partial charge >= 0.3 is 0 Å². The van der Waals surface area contributed by atoms with Crippen LogP contribution in [0.5, 0.6) is 5.75 Å². The van der Waals surface area contributed by atoms with Crippen LogP contribution in [-0.4, -0.2) is 26.6 Å². The topological polar surface area (TPSA) is 32.8 Å². The van der Waals surface area contributed by atoms with Crippen LogP contribution in [0.3, 0.4) is 0 Å². The largest absolute Gasteiger partial charge is 0.494 e. The van der Waals surface area contributed by atoms with Crippen molar-refractivity contribution >= 4 is 17.3 Å². The average molecular weight is 354 g/mol. The normalized spacial score (nSPS) is 11.2. The molecule has 0 aromatic heterocycles. The number of ether oxygens (including phenoxy) is 1. The van der Waals surface area contributed by atoms with Gasteiger partial charge in [-0.3, -0.25) is 4.79 Å². The molecule has 0 unspecified atom stereocenters. The van der Waals surface area contributed by atoms with Crippen LogP contribution >= 0.6 is 0 Å². The molecule has 0 aliphatic heterocycles. The Morgan fingerprint density at radius 1 is 0.923 bits per heavy atom. The fourth-order valence-electron chi connectivity index (χ4n) is 2.66. The van der Waals surface area contributed by atoms with Gasteiger partial charge in [-0.15, -0.1) is 0 Å². The van der Waals surface area contributed by atoms with Crippen molar-refractivity contribution < 1.29 is 9.53 Å². The van der Waals surface area contributed by atoms with Gasteiger partial charge in [0, 0.05) is 30.9 Å². The summed E-state index contributed by atoms with van der Waals surface area (Å²) in [5, 5.41) is 0. The van der Waals surface area contributed by atoms with Crippen molar-refractivity contribution in [3.63, 3.8) is 0 Å². The van der Waals surface area contributed by atoms with Gasteiger partial charge in [-0.2, -0.15) is 0 Å². The van der Waals surface area contributed by atoms with Crippen molar-refractivity contribution in [2.24, 2.45) is 5.41 Å². The summed E-state index contributed by atoms with van der Waals surface area (Å²) in [5.41, 5.74) is 2.66. The van der Waals surface area contributed by atoms with E-state index in [1.807, 2.05) is 71.0 Å². The van der Waals surface area contributed by atoms with E-state index in [-0.39, 0.29) is 5.91 Å². The maximum atomic E-state index is 13.0. The maximum absolute atomic E-state index is 13.0. The van der Waals surface area contributed by atoms with Crippen molar-refractivity contribution in [1.29, 1.82) is 0 Å². The summed E-state index contributed by atoms with van der Waals surface area (Å²) in [6, 6.07) is 16.0. The Kier molecular flexibility index (Phi) is 6.30. The van der Waals surface area contributed by atoms with Gasteiger partial charge in [0.2, 0.25) is 5.91 Å². The van der Waals surface area contributed by atoms with Gasteiger partial charge in [0.25, 0.3) is 0 Å². The van der Waals surface area contributed by atoms with Crippen LogP contribution in [0.4, 0.5) is 11.4 Å². The monoisotopic (exact) mass is 354 g/mol. The van der Waals surface area contributed by atoms with Crippen molar-refractivity contribution in [2.75, 3.05) is 30.5 Å². The molecule has 2 rings (SSSR count). The highest BCUT2D eigenvalue weighted by atomic mass is 16.5. The molecule has 0 saturated heterocycles. The lowest BCUT2D eigenvalue weighted by atomic mass is 9.94. The molecule has 0 bridgehead atoms. The minimum Gasteiger partial charge on any atom is -0.494 e. The van der Waals surface area contributed by atoms with Crippen LogP contribution in [0.15, 0.2) is 48.5 Å². The predicted molar refractivity (Wildman–Crippen MR) is 109 cm³/mol. The molecule has 0 N–H and O–H groups in total. The second kappa shape index (κ2) is 8.26. The van der Waals surface area contributed by atoms with Crippen molar-refractivity contribution in [1.82, 2.24) is 0 Å². The lowest BCUT2D eigenvalue weighted by Gasteiger charge is -2.30. The Hall–Kier alpha value is -2.49. The summed E-state index contributed by atoms with van der Waals surface area (Å²) >= 11 is 0. The third kappa shape index (κ3) is 5.01. The molecule has 0 radical (unpaired) electrons. The van der Waals surface area contributed by atoms with E-state index in [1.165, 1.54) is 0 Å². The van der Waals surface area contributed by atoms with Crippen LogP contribution in [0, 0.1) is 5.41 Å². The summed E-state index contributed by atoms with van der Waals surface area (Å²) in [4.78, 5) is 17.0. The molecule has 0 aliphatic carbocycles. The van der Waals surface area contributed by atoms with Crippen LogP contribution < -0.4 is 14.5 Å². The fourth-order valence-corrected chi connectivity index (χ4v) is 2.66. The molecular weight excluding hydrogens is 324 g/mol. The highest BCUT2D eigenvalue weighted by Gasteiger charge is 2.28. The average Bonchev–Trinajstić information content (AvgIpc) is 2.60. The lowest BCUT2D eigenvalue weighted by molar-refractivity contribution is -0.125. The molecule has 4 heteroatoms. The van der Waals surface area contributed by atoms with Gasteiger partial charge < -0.3 is 14.5 Å². The number of hydrogen-bond acceptors (Lipinski definition) is 3. The molecule has 2 aromatic rings. The molecule has 0 fully saturated rings. The molecule has 1 amide bonds. The number of carbonyl (C=O) groups excluding carboxylic acids is 1. The zero-order valence-electron chi connectivity index (χ0n) is 16.7. The maximum Gasteiger partial charge on any atom is 0.232 e. The summed E-state index contributed by atoms with van der Waals surface area (Å²) in [7, 11) is 4.04. The number of carbonyl (C=O) groups is 1. The number of rotatable bonds is 6. The lowest BCUT2D eigenvalue weighted by Crippen LogP contribution is -2.39. The van der Waals surface area contributed by atoms with Gasteiger partial charge in [0.15, 0.2) is 0 Å². The minimum atomic E-state index is -0.456. The molecular formula is C22H30N2O2. The molecule has 140 valence electrons. The first kappa shape index (κ1) is 19.8. The van der Waals surface area contributed by atoms with Crippen molar-refractivity contribution in [3.05, 3.63) is 54.1 Å². The van der Waals surface area contributed by atoms with E-state index in [0.717, 1.165) is 22.7 Å². The van der Waals surface area contributed by atoms with Gasteiger partial charge in [0.1, 0.15) is 5.75 Å². The van der Waals surface area contributed by atoms with Crippen LogP contribution in [-0.2, 0) is 11.3 Å². The Morgan fingerprint density at radius 2 is 1.46 bits per heavy atom. The zero-order valence-corrected chi connectivity index (χ0v) is 16.7. The third-order valence-corrected chi connectivity index (χ3v) is 4.14. The molecule has 0 heterocycles. The number of nitrogens with zero attached hydrogens (tertiary/aromatic N) is 2. The standard InChI is InChI=1S/C22H30N2O2/c1-7-26-20-14-12-19(13-15-20)24(21(25)22(2,3)4)16-17-8-10-18(11-9-17)23(5)6/h8-15H,7,16H2,1-6H3. The smallest absolute Gasteiger partial charge is 0.232 e. The predicted octanol–water partition coefficient (Wildman–Crippen LogP) is 4.73. The molecule has 0 spiro atoms. The first-order valence-corrected chi connectivity index (χ1v) is 9.03. The van der Waals surface area contributed by atoms with Crippen molar-refractivity contribution in [2.45, 2.75) is 34.2 Å². The van der Waals surface area contributed by atoms with Crippen molar-refractivity contribution in [3.8, 4) is 5.75 Å². The van der Waals surface area contributed by atoms with Gasteiger partial charge in [-0.25, -0.2) is 0 Å². The van der Waals surface area contributed by atoms with Gasteiger partial charge in [-0.05, 0) is 48.9 Å². The number of benzene rings is 2. The summed E-state index contributed by atoms with van der Waals surface area (Å²) < 4.78 is 5.51. The summed E-state index contributed by atoms with van der Waals surface area (Å²) in [6.45, 7) is 8.98. The van der Waals surface area contributed by atoms with E-state index in [9.17, 15) is 4.79 Å². The van der Waals surface area contributed by atoms with Crippen LogP contribution in [0.1, 0.15) is 33.3 Å². The Bertz CT molecular complexity index is 713. The fraction of sp³-hybridized carbons (Fsp3) is 0.409. The SMILES string of the molecule is CCOc1ccc(N(Cc2ccc(N(C)C)cc2)C(=O)C(C)(C)C)cc1. The summed E-state index contributed by atoms with van der Waals surface area (Å²) in [5.74, 6) is 0.910. The quantitative estimate of drug-likeness (QED) is 0.752. The summed E-state index contributed by atoms with van der Waals surface area (Å²) in [6.07, 6.45) is 0. The van der Waals surface area contributed by atoms with E-state index < -0.39 is 5.41 Å². The van der Waals surface area contributed by atoms with Gasteiger partial charge in [0.05, 0.1) is 13.2 Å². The first-order chi connectivity index (χ1) is 12.2. The van der Waals surface area contributed by atoms with E-state index in [0.29, 0.717) is 13.2 Å². The Morgan fingerprint density at radius 3 is 1.92 bits per heavy atom. The van der Waals surface area contributed by atoms with E-state index in [4.69, 9.17) is 4.74 Å². The van der Waals surface area contributed by atoms with E-state index >= 15 is 0 Å². The molecule has 0 aliphatic rings. The molecule has 0 saturated carbocycles. The second-order valence-electron chi connectivity index (χ2n) is 7.63.